The largest absolute Gasteiger partial charge is 0.384 e. The quantitative estimate of drug-likeness (QED) is 0.574. The third kappa shape index (κ3) is 5.13. The Kier molecular flexibility index (Phi) is 6.34. The maximum absolute atomic E-state index is 12.6. The molecule has 1 saturated heterocycles. The Hall–Kier alpha value is -3.16. The molecule has 1 aliphatic rings. The van der Waals surface area contributed by atoms with Crippen LogP contribution in [0.1, 0.15) is 10.4 Å². The number of nitrogen functional groups attached to an aromatic ring is 1. The van der Waals surface area contributed by atoms with Crippen LogP contribution in [0.3, 0.4) is 0 Å². The van der Waals surface area contributed by atoms with Gasteiger partial charge in [-0.1, -0.05) is 41.9 Å². The summed E-state index contributed by atoms with van der Waals surface area (Å²) in [5.74, 6) is -0.454. The van der Waals surface area contributed by atoms with E-state index in [-0.39, 0.29) is 0 Å². The van der Waals surface area contributed by atoms with Crippen LogP contribution in [0, 0.1) is 0 Å². The van der Waals surface area contributed by atoms with E-state index in [2.05, 4.69) is 4.98 Å². The number of carbonyl (C=O) groups excluding carboxylic acids is 2. The highest BCUT2D eigenvalue weighted by molar-refractivity contribution is 7.16. The average molecular weight is 453 g/mol. The van der Waals surface area contributed by atoms with Crippen LogP contribution in [0.25, 0.3) is 17.2 Å². The van der Waals surface area contributed by atoms with Gasteiger partial charge in [0.2, 0.25) is 0 Å². The van der Waals surface area contributed by atoms with Gasteiger partial charge < -0.3 is 15.5 Å². The number of thiophene rings is 1. The molecule has 2 aromatic heterocycles. The molecule has 0 aliphatic carbocycles. The highest BCUT2D eigenvalue weighted by atomic mass is 35.5. The van der Waals surface area contributed by atoms with Crippen molar-refractivity contribution in [1.29, 1.82) is 0 Å². The molecule has 31 heavy (non-hydrogen) atoms. The second kappa shape index (κ2) is 9.32. The molecule has 0 unspecified atom stereocenters. The van der Waals surface area contributed by atoms with E-state index >= 15 is 0 Å². The van der Waals surface area contributed by atoms with Gasteiger partial charge in [0, 0.05) is 42.8 Å². The lowest BCUT2D eigenvalue weighted by Crippen LogP contribution is -2.53. The van der Waals surface area contributed by atoms with E-state index in [1.54, 1.807) is 22.1 Å². The van der Waals surface area contributed by atoms with Crippen LogP contribution in [0.15, 0.2) is 60.8 Å². The van der Waals surface area contributed by atoms with Crippen molar-refractivity contribution in [2.75, 3.05) is 25.4 Å². The first-order valence-electron chi connectivity index (χ1n) is 9.80. The summed E-state index contributed by atoms with van der Waals surface area (Å²) in [6, 6.07) is 15.3. The monoisotopic (exact) mass is 452 g/mol. The number of rotatable bonds is 6. The van der Waals surface area contributed by atoms with Crippen molar-refractivity contribution in [3.63, 3.8) is 0 Å². The second-order valence-corrected chi connectivity index (χ2v) is 8.94. The fourth-order valence-electron chi connectivity index (χ4n) is 3.35. The molecule has 1 aliphatic heterocycles. The number of nitrogens with two attached hydrogens (primary N) is 1. The summed E-state index contributed by atoms with van der Waals surface area (Å²) in [7, 11) is 0. The Bertz CT molecular complexity index is 1110. The van der Waals surface area contributed by atoms with Gasteiger partial charge in [-0.05, 0) is 41.5 Å². The molecule has 1 aromatic carbocycles. The Labute approximate surface area is 189 Å². The standard InChI is InChI=1S/C23H21ClN4O2S/c24-20-9-8-19(31-20)2-1-11-27-12-13-28(23(30)22(27)29)15-16-3-5-17(6-4-16)18-7-10-21(25)26-14-18/h1-10,14H,11-13,15H2,(H2,25,26). The van der Waals surface area contributed by atoms with Gasteiger partial charge in [0.1, 0.15) is 5.82 Å². The van der Waals surface area contributed by atoms with E-state index in [0.29, 0.717) is 32.0 Å². The molecular formula is C23H21ClN4O2S. The van der Waals surface area contributed by atoms with Crippen molar-refractivity contribution in [3.05, 3.63) is 75.6 Å². The van der Waals surface area contributed by atoms with E-state index < -0.39 is 11.8 Å². The van der Waals surface area contributed by atoms with Gasteiger partial charge in [-0.15, -0.1) is 11.3 Å². The van der Waals surface area contributed by atoms with Crippen molar-refractivity contribution in [3.8, 4) is 11.1 Å². The van der Waals surface area contributed by atoms with E-state index in [1.807, 2.05) is 54.6 Å². The molecule has 2 N–H and O–H groups in total. The van der Waals surface area contributed by atoms with Gasteiger partial charge in [-0.25, -0.2) is 4.98 Å². The van der Waals surface area contributed by atoms with E-state index in [0.717, 1.165) is 25.9 Å². The summed E-state index contributed by atoms with van der Waals surface area (Å²) in [6.45, 7) is 1.82. The molecule has 4 rings (SSSR count). The molecule has 6 nitrogen and oxygen atoms in total. The molecule has 0 spiro atoms. The number of pyridine rings is 1. The minimum absolute atomic E-state index is 0.401. The summed E-state index contributed by atoms with van der Waals surface area (Å²) in [5, 5.41) is 0. The normalized spacial score (nSPS) is 14.6. The Morgan fingerprint density at radius 1 is 0.968 bits per heavy atom. The maximum Gasteiger partial charge on any atom is 0.312 e. The highest BCUT2D eigenvalue weighted by Gasteiger charge is 2.31. The minimum Gasteiger partial charge on any atom is -0.384 e. The van der Waals surface area contributed by atoms with Gasteiger partial charge in [0.15, 0.2) is 0 Å². The van der Waals surface area contributed by atoms with E-state index in [4.69, 9.17) is 17.3 Å². The first-order chi connectivity index (χ1) is 15.0. The molecular weight excluding hydrogens is 432 g/mol. The molecule has 158 valence electrons. The molecule has 0 radical (unpaired) electrons. The Balaban J connectivity index is 1.34. The van der Waals surface area contributed by atoms with Crippen LogP contribution in [0.4, 0.5) is 5.82 Å². The van der Waals surface area contributed by atoms with Crippen molar-refractivity contribution >= 4 is 46.6 Å². The predicted octanol–water partition coefficient (Wildman–Crippen LogP) is 3.93. The lowest BCUT2D eigenvalue weighted by atomic mass is 10.1. The molecule has 0 saturated carbocycles. The first kappa shape index (κ1) is 21.1. The zero-order chi connectivity index (χ0) is 21.8. The fraction of sp³-hybridized carbons (Fsp3) is 0.174. The number of aromatic nitrogens is 1. The molecule has 0 bridgehead atoms. The van der Waals surface area contributed by atoms with Crippen LogP contribution in [0.5, 0.6) is 0 Å². The minimum atomic E-state index is -0.468. The second-order valence-electron chi connectivity index (χ2n) is 7.19. The van der Waals surface area contributed by atoms with Gasteiger partial charge >= 0.3 is 11.8 Å². The summed E-state index contributed by atoms with van der Waals surface area (Å²) < 4.78 is 0.720. The van der Waals surface area contributed by atoms with Crippen LogP contribution < -0.4 is 5.73 Å². The average Bonchev–Trinajstić information content (AvgIpc) is 3.19. The van der Waals surface area contributed by atoms with Crippen molar-refractivity contribution in [2.45, 2.75) is 6.54 Å². The number of nitrogens with zero attached hydrogens (tertiary/aromatic N) is 3. The third-order valence-electron chi connectivity index (χ3n) is 5.05. The number of hydrogen-bond donors (Lipinski definition) is 1. The molecule has 1 fully saturated rings. The van der Waals surface area contributed by atoms with Crippen molar-refractivity contribution < 1.29 is 9.59 Å². The summed E-state index contributed by atoms with van der Waals surface area (Å²) in [4.78, 5) is 33.4. The zero-order valence-electron chi connectivity index (χ0n) is 16.7. The van der Waals surface area contributed by atoms with E-state index in [1.165, 1.54) is 11.3 Å². The van der Waals surface area contributed by atoms with Crippen LogP contribution in [-0.2, 0) is 16.1 Å². The van der Waals surface area contributed by atoms with Crippen LogP contribution >= 0.6 is 22.9 Å². The number of halogens is 1. The van der Waals surface area contributed by atoms with Gasteiger partial charge in [0.05, 0.1) is 4.34 Å². The molecule has 2 amide bonds. The van der Waals surface area contributed by atoms with Gasteiger partial charge in [-0.2, -0.15) is 0 Å². The van der Waals surface area contributed by atoms with Crippen LogP contribution in [0.2, 0.25) is 4.34 Å². The number of anilines is 1. The third-order valence-corrected chi connectivity index (χ3v) is 6.24. The van der Waals surface area contributed by atoms with Crippen LogP contribution in [-0.4, -0.2) is 46.2 Å². The highest BCUT2D eigenvalue weighted by Crippen LogP contribution is 2.23. The molecule has 3 aromatic rings. The molecule has 8 heteroatoms. The maximum atomic E-state index is 12.6. The van der Waals surface area contributed by atoms with Crippen molar-refractivity contribution in [2.24, 2.45) is 0 Å². The lowest BCUT2D eigenvalue weighted by Gasteiger charge is -2.33. The topological polar surface area (TPSA) is 79.5 Å². The Morgan fingerprint density at radius 2 is 1.68 bits per heavy atom. The number of amides is 2. The smallest absolute Gasteiger partial charge is 0.312 e. The van der Waals surface area contributed by atoms with Gasteiger partial charge in [-0.3, -0.25) is 9.59 Å². The van der Waals surface area contributed by atoms with Crippen molar-refractivity contribution in [1.82, 2.24) is 14.8 Å². The predicted molar refractivity (Wildman–Crippen MR) is 124 cm³/mol. The number of carbonyl (C=O) groups is 2. The summed E-state index contributed by atoms with van der Waals surface area (Å²) in [6.07, 6.45) is 5.53. The zero-order valence-corrected chi connectivity index (χ0v) is 18.3. The number of hydrogen-bond acceptors (Lipinski definition) is 5. The number of piperazine rings is 1. The Morgan fingerprint density at radius 3 is 2.35 bits per heavy atom. The lowest BCUT2D eigenvalue weighted by molar-refractivity contribution is -0.156. The van der Waals surface area contributed by atoms with E-state index in [9.17, 15) is 9.59 Å². The number of benzene rings is 1. The fourth-order valence-corrected chi connectivity index (χ4v) is 4.34. The van der Waals surface area contributed by atoms with Gasteiger partial charge in [0.25, 0.3) is 0 Å². The molecule has 3 heterocycles. The first-order valence-corrected chi connectivity index (χ1v) is 11.0. The molecule has 0 atom stereocenters. The SMILES string of the molecule is Nc1ccc(-c2ccc(CN3CCN(CC=Cc4ccc(Cl)s4)C(=O)C3=O)cc2)cn1. The summed E-state index contributed by atoms with van der Waals surface area (Å²) >= 11 is 7.39. The summed E-state index contributed by atoms with van der Waals surface area (Å²) in [5.41, 5.74) is 8.59.